The fourth-order valence-corrected chi connectivity index (χ4v) is 2.80. The average molecular weight is 284 g/mol. The molecule has 0 aromatic heterocycles. The third-order valence-corrected chi connectivity index (χ3v) is 3.89. The summed E-state index contributed by atoms with van der Waals surface area (Å²) < 4.78 is 32.9. The summed E-state index contributed by atoms with van der Waals surface area (Å²) in [5.41, 5.74) is 4.22. The molecule has 0 atom stereocenters. The fourth-order valence-electron chi connectivity index (χ4n) is 2.28. The van der Waals surface area contributed by atoms with Gasteiger partial charge in [0.1, 0.15) is 10.1 Å². The third-order valence-electron chi connectivity index (χ3n) is 3.05. The molecule has 0 bridgehead atoms. The molecule has 86 valence electrons. The van der Waals surface area contributed by atoms with Gasteiger partial charge in [0.15, 0.2) is 0 Å². The van der Waals surface area contributed by atoms with Crippen LogP contribution in [0.2, 0.25) is 0 Å². The van der Waals surface area contributed by atoms with E-state index in [9.17, 15) is 13.0 Å². The van der Waals surface area contributed by atoms with Crippen LogP contribution in [0.15, 0.2) is 47.4 Å². The van der Waals surface area contributed by atoms with Crippen molar-refractivity contribution in [1.82, 2.24) is 0 Å². The van der Waals surface area contributed by atoms with Gasteiger partial charge in [-0.1, -0.05) is 30.3 Å². The minimum atomic E-state index is -4.36. The molecule has 0 N–H and O–H groups in total. The Morgan fingerprint density at radius 2 is 1.61 bits per heavy atom. The molecule has 0 saturated carbocycles. The van der Waals surface area contributed by atoms with Gasteiger partial charge in [0.05, 0.1) is 4.90 Å². The van der Waals surface area contributed by atoms with E-state index in [2.05, 4.69) is 0 Å². The molecule has 3 rings (SSSR count). The monoisotopic (exact) mass is 284 g/mol. The number of fused-ring (bicyclic) bond motifs is 3. The molecule has 0 aliphatic heterocycles. The first-order valence-corrected chi connectivity index (χ1v) is 6.63. The summed E-state index contributed by atoms with van der Waals surface area (Å²) in [6.45, 7) is 0. The molecule has 1 aliphatic carbocycles. The molecular formula is C13H9KO3S. The van der Waals surface area contributed by atoms with Crippen molar-refractivity contribution in [1.29, 1.82) is 0 Å². The zero-order chi connectivity index (χ0) is 12.0. The van der Waals surface area contributed by atoms with Gasteiger partial charge in [0.2, 0.25) is 0 Å². The van der Waals surface area contributed by atoms with Crippen LogP contribution in [0.5, 0.6) is 0 Å². The Morgan fingerprint density at radius 1 is 0.944 bits per heavy atom. The zero-order valence-corrected chi connectivity index (χ0v) is 13.8. The minimum absolute atomic E-state index is 0. The topological polar surface area (TPSA) is 57.2 Å². The van der Waals surface area contributed by atoms with Crippen LogP contribution in [0.4, 0.5) is 0 Å². The number of hydrogen-bond donors (Lipinski definition) is 0. The minimum Gasteiger partial charge on any atom is -0.744 e. The van der Waals surface area contributed by atoms with Gasteiger partial charge in [0, 0.05) is 0 Å². The number of benzene rings is 2. The van der Waals surface area contributed by atoms with Gasteiger partial charge in [-0.3, -0.25) is 0 Å². The number of rotatable bonds is 1. The summed E-state index contributed by atoms with van der Waals surface area (Å²) in [6.07, 6.45) is 0.689. The van der Waals surface area contributed by atoms with Gasteiger partial charge in [-0.05, 0) is 40.8 Å². The summed E-state index contributed by atoms with van der Waals surface area (Å²) in [7, 11) is -4.36. The first-order valence-electron chi connectivity index (χ1n) is 5.23. The van der Waals surface area contributed by atoms with E-state index in [1.165, 1.54) is 17.7 Å². The van der Waals surface area contributed by atoms with Gasteiger partial charge in [0.25, 0.3) is 0 Å². The first-order chi connectivity index (χ1) is 8.05. The van der Waals surface area contributed by atoms with Crippen molar-refractivity contribution in [2.75, 3.05) is 0 Å². The van der Waals surface area contributed by atoms with E-state index in [1.807, 2.05) is 24.3 Å². The summed E-state index contributed by atoms with van der Waals surface area (Å²) in [5, 5.41) is 0. The molecule has 0 spiro atoms. The normalized spacial score (nSPS) is 12.5. The van der Waals surface area contributed by atoms with E-state index in [-0.39, 0.29) is 56.3 Å². The van der Waals surface area contributed by atoms with Crippen LogP contribution >= 0.6 is 0 Å². The van der Waals surface area contributed by atoms with E-state index in [0.717, 1.165) is 16.7 Å². The van der Waals surface area contributed by atoms with Crippen LogP contribution < -0.4 is 51.4 Å². The van der Waals surface area contributed by atoms with E-state index in [4.69, 9.17) is 0 Å². The second kappa shape index (κ2) is 5.17. The molecule has 0 radical (unpaired) electrons. The second-order valence-electron chi connectivity index (χ2n) is 4.11. The molecule has 0 saturated heterocycles. The van der Waals surface area contributed by atoms with E-state index in [1.54, 1.807) is 6.07 Å². The molecule has 0 fully saturated rings. The Morgan fingerprint density at radius 3 is 2.33 bits per heavy atom. The second-order valence-corrected chi connectivity index (χ2v) is 5.49. The number of hydrogen-bond acceptors (Lipinski definition) is 3. The van der Waals surface area contributed by atoms with Crippen LogP contribution in [0.1, 0.15) is 11.1 Å². The largest absolute Gasteiger partial charge is 1.00 e. The predicted molar refractivity (Wildman–Crippen MR) is 62.6 cm³/mol. The predicted octanol–water partition coefficient (Wildman–Crippen LogP) is -0.834. The maximum Gasteiger partial charge on any atom is 1.00 e. The SMILES string of the molecule is O=S(=O)([O-])c1ccc2c(c1)Cc1ccccc1-2.[K+]. The van der Waals surface area contributed by atoms with Gasteiger partial charge in [-0.2, -0.15) is 0 Å². The third kappa shape index (κ3) is 2.49. The van der Waals surface area contributed by atoms with Crippen LogP contribution in [-0.4, -0.2) is 13.0 Å². The smallest absolute Gasteiger partial charge is 0.744 e. The van der Waals surface area contributed by atoms with E-state index >= 15 is 0 Å². The Hall–Kier alpha value is -0.0136. The standard InChI is InChI=1S/C13H10O3S.K/c14-17(15,16)11-5-6-13-10(8-11)7-9-3-1-2-4-12(9)13;/h1-6,8H,7H2,(H,14,15,16);/q;+1/p-1. The van der Waals surface area contributed by atoms with Gasteiger partial charge in [-0.15, -0.1) is 0 Å². The Balaban J connectivity index is 0.00000120. The maximum absolute atomic E-state index is 11.0. The van der Waals surface area contributed by atoms with Crippen molar-refractivity contribution in [3.63, 3.8) is 0 Å². The molecular weight excluding hydrogens is 275 g/mol. The Bertz CT molecular complexity index is 708. The molecule has 1 aliphatic rings. The Labute approximate surface area is 148 Å². The van der Waals surface area contributed by atoms with Crippen molar-refractivity contribution in [2.24, 2.45) is 0 Å². The average Bonchev–Trinajstić information content (AvgIpc) is 2.65. The van der Waals surface area contributed by atoms with E-state index < -0.39 is 10.1 Å². The Kier molecular flexibility index (Phi) is 4.13. The molecule has 2 aromatic carbocycles. The van der Waals surface area contributed by atoms with Crippen LogP contribution in [0.25, 0.3) is 11.1 Å². The first kappa shape index (κ1) is 14.4. The molecule has 5 heteroatoms. The molecule has 0 heterocycles. The van der Waals surface area contributed by atoms with E-state index in [0.29, 0.717) is 6.42 Å². The molecule has 0 amide bonds. The molecule has 3 nitrogen and oxygen atoms in total. The summed E-state index contributed by atoms with van der Waals surface area (Å²) in [4.78, 5) is -0.149. The van der Waals surface area contributed by atoms with Crippen molar-refractivity contribution in [3.8, 4) is 11.1 Å². The molecule has 2 aromatic rings. The summed E-state index contributed by atoms with van der Waals surface area (Å²) >= 11 is 0. The zero-order valence-electron chi connectivity index (χ0n) is 9.88. The quantitative estimate of drug-likeness (QED) is 0.433. The van der Waals surface area contributed by atoms with Gasteiger partial charge in [-0.25, -0.2) is 8.42 Å². The van der Waals surface area contributed by atoms with Crippen LogP contribution in [0, 0.1) is 0 Å². The van der Waals surface area contributed by atoms with Gasteiger partial charge >= 0.3 is 51.4 Å². The van der Waals surface area contributed by atoms with Crippen molar-refractivity contribution < 1.29 is 64.4 Å². The van der Waals surface area contributed by atoms with Crippen molar-refractivity contribution in [2.45, 2.75) is 11.3 Å². The van der Waals surface area contributed by atoms with Crippen molar-refractivity contribution in [3.05, 3.63) is 53.6 Å². The van der Waals surface area contributed by atoms with Gasteiger partial charge < -0.3 is 4.55 Å². The summed E-state index contributed by atoms with van der Waals surface area (Å²) in [6, 6.07) is 12.5. The van der Waals surface area contributed by atoms with Crippen LogP contribution in [0.3, 0.4) is 0 Å². The fraction of sp³-hybridized carbons (Fsp3) is 0.0769. The molecule has 0 unspecified atom stereocenters. The maximum atomic E-state index is 11.0. The summed E-state index contributed by atoms with van der Waals surface area (Å²) in [5.74, 6) is 0. The van der Waals surface area contributed by atoms with Crippen molar-refractivity contribution >= 4 is 10.1 Å². The van der Waals surface area contributed by atoms with Crippen LogP contribution in [-0.2, 0) is 16.5 Å². The molecule has 18 heavy (non-hydrogen) atoms.